The first-order chi connectivity index (χ1) is 10.1. The largest absolute Gasteiger partial charge is 0.379 e. The lowest BCUT2D eigenvalue weighted by Crippen LogP contribution is -2.46. The van der Waals surface area contributed by atoms with E-state index in [1.54, 1.807) is 0 Å². The first-order valence-corrected chi connectivity index (χ1v) is 7.73. The normalized spacial score (nSPS) is 26.5. The molecule has 4 nitrogen and oxygen atoms in total. The Morgan fingerprint density at radius 3 is 2.86 bits per heavy atom. The van der Waals surface area contributed by atoms with Gasteiger partial charge in [-0.05, 0) is 25.1 Å². The van der Waals surface area contributed by atoms with Crippen LogP contribution >= 0.6 is 0 Å². The number of likely N-dealkylation sites (N-methyl/N-ethyl adjacent to an activating group) is 1. The maximum Gasteiger partial charge on any atom is 0.227 e. The molecule has 21 heavy (non-hydrogen) atoms. The van der Waals surface area contributed by atoms with Gasteiger partial charge in [0.1, 0.15) is 0 Å². The van der Waals surface area contributed by atoms with Crippen molar-refractivity contribution in [2.75, 3.05) is 39.9 Å². The minimum atomic E-state index is 0.194. The van der Waals surface area contributed by atoms with E-state index in [9.17, 15) is 4.79 Å². The SMILES string of the molecule is Cc1ccccc1CC(=O)N1C[C@H]2COC[C@@H]1CN(C)C2. The molecule has 2 atom stereocenters. The summed E-state index contributed by atoms with van der Waals surface area (Å²) in [5, 5.41) is 0. The molecule has 0 aliphatic carbocycles. The van der Waals surface area contributed by atoms with E-state index in [0.717, 1.165) is 31.8 Å². The van der Waals surface area contributed by atoms with E-state index in [1.807, 2.05) is 12.1 Å². The summed E-state index contributed by atoms with van der Waals surface area (Å²) in [6.07, 6.45) is 0.500. The topological polar surface area (TPSA) is 32.8 Å². The molecule has 0 spiro atoms. The molecule has 3 rings (SSSR count). The predicted molar refractivity (Wildman–Crippen MR) is 82.2 cm³/mol. The fourth-order valence-electron chi connectivity index (χ4n) is 3.46. The molecule has 2 bridgehead atoms. The Kier molecular flexibility index (Phi) is 4.27. The van der Waals surface area contributed by atoms with Gasteiger partial charge in [-0.25, -0.2) is 0 Å². The fraction of sp³-hybridized carbons (Fsp3) is 0.588. The number of rotatable bonds is 2. The third-order valence-corrected chi connectivity index (χ3v) is 4.58. The van der Waals surface area contributed by atoms with Gasteiger partial charge in [0, 0.05) is 25.6 Å². The molecular weight excluding hydrogens is 264 g/mol. The zero-order valence-corrected chi connectivity index (χ0v) is 12.9. The summed E-state index contributed by atoms with van der Waals surface area (Å²) >= 11 is 0. The van der Waals surface area contributed by atoms with Crippen LogP contribution in [0.2, 0.25) is 0 Å². The van der Waals surface area contributed by atoms with Gasteiger partial charge in [0.15, 0.2) is 0 Å². The van der Waals surface area contributed by atoms with Crippen LogP contribution in [0.1, 0.15) is 11.1 Å². The smallest absolute Gasteiger partial charge is 0.227 e. The summed E-state index contributed by atoms with van der Waals surface area (Å²) < 4.78 is 5.74. The molecule has 0 unspecified atom stereocenters. The van der Waals surface area contributed by atoms with Gasteiger partial charge >= 0.3 is 0 Å². The van der Waals surface area contributed by atoms with Crippen LogP contribution in [0.15, 0.2) is 24.3 Å². The first-order valence-electron chi connectivity index (χ1n) is 7.73. The standard InChI is InChI=1S/C17H24N2O2/c1-13-5-3-4-6-15(13)7-17(20)19-9-14-8-18(2)10-16(19)12-21-11-14/h3-6,14,16H,7-12H2,1-2H3/t14-,16-/m0/s1. The molecule has 2 saturated heterocycles. The van der Waals surface area contributed by atoms with Gasteiger partial charge in [0.25, 0.3) is 0 Å². The number of aryl methyl sites for hydroxylation is 1. The van der Waals surface area contributed by atoms with Crippen molar-refractivity contribution in [1.82, 2.24) is 9.80 Å². The molecule has 4 heteroatoms. The van der Waals surface area contributed by atoms with Gasteiger partial charge in [-0.2, -0.15) is 0 Å². The minimum Gasteiger partial charge on any atom is -0.379 e. The van der Waals surface area contributed by atoms with Crippen molar-refractivity contribution < 1.29 is 9.53 Å². The summed E-state index contributed by atoms with van der Waals surface area (Å²) in [4.78, 5) is 17.2. The molecule has 2 aliphatic rings. The number of nitrogens with zero attached hydrogens (tertiary/aromatic N) is 2. The van der Waals surface area contributed by atoms with Gasteiger partial charge in [-0.15, -0.1) is 0 Å². The van der Waals surface area contributed by atoms with Crippen LogP contribution in [0.25, 0.3) is 0 Å². The van der Waals surface area contributed by atoms with Gasteiger partial charge in [-0.3, -0.25) is 4.79 Å². The molecule has 0 radical (unpaired) electrons. The number of hydrogen-bond acceptors (Lipinski definition) is 3. The van der Waals surface area contributed by atoms with Crippen LogP contribution in [0, 0.1) is 12.8 Å². The highest BCUT2D eigenvalue weighted by Gasteiger charge is 2.34. The third-order valence-electron chi connectivity index (χ3n) is 4.58. The van der Waals surface area contributed by atoms with E-state index in [-0.39, 0.29) is 11.9 Å². The van der Waals surface area contributed by atoms with Crippen molar-refractivity contribution in [3.63, 3.8) is 0 Å². The molecule has 1 amide bonds. The number of fused-ring (bicyclic) bond motifs is 3. The average Bonchev–Trinajstić information content (AvgIpc) is 2.71. The predicted octanol–water partition coefficient (Wildman–Crippen LogP) is 1.33. The highest BCUT2D eigenvalue weighted by molar-refractivity contribution is 5.79. The first kappa shape index (κ1) is 14.5. The second-order valence-electron chi connectivity index (χ2n) is 6.43. The Morgan fingerprint density at radius 2 is 2.05 bits per heavy atom. The Morgan fingerprint density at radius 1 is 1.24 bits per heavy atom. The molecule has 114 valence electrons. The number of carbonyl (C=O) groups excluding carboxylic acids is 1. The van der Waals surface area contributed by atoms with E-state index in [2.05, 4.69) is 35.9 Å². The number of hydrogen-bond donors (Lipinski definition) is 0. The van der Waals surface area contributed by atoms with Crippen molar-refractivity contribution in [3.05, 3.63) is 35.4 Å². The summed E-state index contributed by atoms with van der Waals surface area (Å²) in [6.45, 7) is 6.27. The van der Waals surface area contributed by atoms with Crippen LogP contribution in [-0.2, 0) is 16.0 Å². The van der Waals surface area contributed by atoms with E-state index in [4.69, 9.17) is 4.74 Å². The molecule has 2 aliphatic heterocycles. The Hall–Kier alpha value is -1.39. The summed E-state index contributed by atoms with van der Waals surface area (Å²) in [6, 6.07) is 8.34. The highest BCUT2D eigenvalue weighted by Crippen LogP contribution is 2.20. The van der Waals surface area contributed by atoms with Crippen molar-refractivity contribution >= 4 is 5.91 Å². The third kappa shape index (κ3) is 3.27. The van der Waals surface area contributed by atoms with E-state index in [0.29, 0.717) is 18.9 Å². The number of ether oxygens (including phenoxy) is 1. The van der Waals surface area contributed by atoms with E-state index >= 15 is 0 Å². The van der Waals surface area contributed by atoms with Gasteiger partial charge in [0.05, 0.1) is 25.7 Å². The quantitative estimate of drug-likeness (QED) is 0.823. The Balaban J connectivity index is 1.76. The van der Waals surface area contributed by atoms with E-state index < -0.39 is 0 Å². The molecule has 0 saturated carbocycles. The van der Waals surface area contributed by atoms with Crippen LogP contribution in [-0.4, -0.2) is 61.6 Å². The lowest BCUT2D eigenvalue weighted by atomic mass is 10.0. The van der Waals surface area contributed by atoms with Crippen molar-refractivity contribution in [3.8, 4) is 0 Å². The minimum absolute atomic E-state index is 0.194. The number of benzene rings is 1. The molecule has 2 heterocycles. The Labute approximate surface area is 126 Å². The van der Waals surface area contributed by atoms with Crippen LogP contribution in [0.4, 0.5) is 0 Å². The summed E-state index contributed by atoms with van der Waals surface area (Å²) in [5.74, 6) is 0.670. The average molecular weight is 288 g/mol. The molecule has 1 aromatic carbocycles. The lowest BCUT2D eigenvalue weighted by Gasteiger charge is -2.30. The maximum absolute atomic E-state index is 12.8. The molecule has 0 N–H and O–H groups in total. The van der Waals surface area contributed by atoms with Gasteiger partial charge < -0.3 is 14.5 Å². The lowest BCUT2D eigenvalue weighted by molar-refractivity contribution is -0.133. The molecule has 0 aromatic heterocycles. The molecule has 1 aromatic rings. The van der Waals surface area contributed by atoms with Crippen LogP contribution in [0.5, 0.6) is 0 Å². The monoisotopic (exact) mass is 288 g/mol. The van der Waals surface area contributed by atoms with Crippen LogP contribution < -0.4 is 0 Å². The zero-order valence-electron chi connectivity index (χ0n) is 12.9. The highest BCUT2D eigenvalue weighted by atomic mass is 16.5. The molecule has 2 fully saturated rings. The zero-order chi connectivity index (χ0) is 14.8. The molecular formula is C17H24N2O2. The second-order valence-corrected chi connectivity index (χ2v) is 6.43. The van der Waals surface area contributed by atoms with Crippen molar-refractivity contribution in [1.29, 1.82) is 0 Å². The van der Waals surface area contributed by atoms with Crippen molar-refractivity contribution in [2.45, 2.75) is 19.4 Å². The maximum atomic E-state index is 12.8. The summed E-state index contributed by atoms with van der Waals surface area (Å²) in [7, 11) is 2.14. The fourth-order valence-corrected chi connectivity index (χ4v) is 3.46. The Bertz CT molecular complexity index is 517. The van der Waals surface area contributed by atoms with Gasteiger partial charge in [-0.1, -0.05) is 24.3 Å². The van der Waals surface area contributed by atoms with E-state index in [1.165, 1.54) is 5.56 Å². The number of carbonyl (C=O) groups is 1. The number of amides is 1. The van der Waals surface area contributed by atoms with Crippen LogP contribution in [0.3, 0.4) is 0 Å². The summed E-state index contributed by atoms with van der Waals surface area (Å²) in [5.41, 5.74) is 2.33. The van der Waals surface area contributed by atoms with Crippen molar-refractivity contribution in [2.24, 2.45) is 5.92 Å². The van der Waals surface area contributed by atoms with Gasteiger partial charge in [0.2, 0.25) is 5.91 Å². The second kappa shape index (κ2) is 6.16.